The van der Waals surface area contributed by atoms with E-state index >= 15 is 0 Å². The molecule has 0 saturated heterocycles. The Labute approximate surface area is 118 Å². The quantitative estimate of drug-likeness (QED) is 0.834. The second-order valence-corrected chi connectivity index (χ2v) is 5.01. The van der Waals surface area contributed by atoms with E-state index in [1.165, 1.54) is 18.2 Å². The molecule has 0 spiro atoms. The Kier molecular flexibility index (Phi) is 4.37. The van der Waals surface area contributed by atoms with Crippen LogP contribution in [0.4, 0.5) is 20.2 Å². The van der Waals surface area contributed by atoms with Crippen LogP contribution in [-0.4, -0.2) is 6.54 Å². The molecule has 19 heavy (non-hydrogen) atoms. The van der Waals surface area contributed by atoms with Crippen molar-refractivity contribution in [1.29, 1.82) is 0 Å². The highest BCUT2D eigenvalue weighted by atomic mass is 79.9. The van der Waals surface area contributed by atoms with E-state index in [4.69, 9.17) is 5.73 Å². The Hall–Kier alpha value is -1.62. The van der Waals surface area contributed by atoms with Gasteiger partial charge in [0.05, 0.1) is 15.8 Å². The van der Waals surface area contributed by atoms with Crippen molar-refractivity contribution in [2.45, 2.75) is 6.42 Å². The average Bonchev–Trinajstić information content (AvgIpc) is 2.35. The highest BCUT2D eigenvalue weighted by Gasteiger charge is 2.05. The lowest BCUT2D eigenvalue weighted by Gasteiger charge is -2.10. The van der Waals surface area contributed by atoms with E-state index in [0.717, 1.165) is 5.56 Å². The molecule has 0 aliphatic heterocycles. The lowest BCUT2D eigenvalue weighted by atomic mass is 10.1. The van der Waals surface area contributed by atoms with Crippen LogP contribution >= 0.6 is 15.9 Å². The van der Waals surface area contributed by atoms with E-state index in [1.54, 1.807) is 12.1 Å². The fourth-order valence-electron chi connectivity index (χ4n) is 1.75. The zero-order chi connectivity index (χ0) is 13.8. The summed E-state index contributed by atoms with van der Waals surface area (Å²) in [5.41, 5.74) is 7.61. The number of nitrogens with two attached hydrogens (primary N) is 1. The first-order valence-electron chi connectivity index (χ1n) is 5.79. The fraction of sp³-hybridized carbons (Fsp3) is 0.143. The minimum absolute atomic E-state index is 0.249. The molecule has 0 aliphatic rings. The molecule has 0 unspecified atom stereocenters. The second-order valence-electron chi connectivity index (χ2n) is 4.16. The molecule has 0 heterocycles. The Morgan fingerprint density at radius 1 is 1.16 bits per heavy atom. The van der Waals surface area contributed by atoms with Crippen molar-refractivity contribution in [2.75, 3.05) is 17.6 Å². The number of benzene rings is 2. The van der Waals surface area contributed by atoms with Gasteiger partial charge in [-0.2, -0.15) is 0 Å². The zero-order valence-corrected chi connectivity index (χ0v) is 11.7. The Morgan fingerprint density at radius 3 is 2.68 bits per heavy atom. The predicted molar refractivity (Wildman–Crippen MR) is 77.1 cm³/mol. The molecule has 0 saturated carbocycles. The van der Waals surface area contributed by atoms with Crippen molar-refractivity contribution < 1.29 is 8.78 Å². The predicted octanol–water partition coefficient (Wildman–Crippen LogP) is 3.96. The van der Waals surface area contributed by atoms with E-state index in [9.17, 15) is 8.78 Å². The van der Waals surface area contributed by atoms with Crippen LogP contribution in [0.15, 0.2) is 40.9 Å². The summed E-state index contributed by atoms with van der Waals surface area (Å²) in [6.07, 6.45) is 0.659. The third-order valence-corrected chi connectivity index (χ3v) is 3.32. The minimum atomic E-state index is -0.395. The van der Waals surface area contributed by atoms with E-state index in [-0.39, 0.29) is 5.82 Å². The molecule has 100 valence electrons. The van der Waals surface area contributed by atoms with Crippen LogP contribution in [0.25, 0.3) is 0 Å². The van der Waals surface area contributed by atoms with Crippen molar-refractivity contribution >= 4 is 27.3 Å². The first-order valence-corrected chi connectivity index (χ1v) is 6.58. The monoisotopic (exact) mass is 326 g/mol. The molecule has 0 amide bonds. The van der Waals surface area contributed by atoms with Gasteiger partial charge in [0.25, 0.3) is 0 Å². The summed E-state index contributed by atoms with van der Waals surface area (Å²) in [5.74, 6) is -0.644. The second kappa shape index (κ2) is 6.02. The number of nitrogen functional groups attached to an aromatic ring is 1. The van der Waals surface area contributed by atoms with Gasteiger partial charge in [-0.25, -0.2) is 8.78 Å². The molecule has 3 N–H and O–H groups in total. The van der Waals surface area contributed by atoms with Crippen LogP contribution in [0.3, 0.4) is 0 Å². The smallest absolute Gasteiger partial charge is 0.139 e. The molecule has 2 nitrogen and oxygen atoms in total. The molecule has 0 aromatic heterocycles. The third-order valence-electron chi connectivity index (χ3n) is 2.71. The Balaban J connectivity index is 1.98. The number of hydrogen-bond donors (Lipinski definition) is 2. The molecule has 0 fully saturated rings. The van der Waals surface area contributed by atoms with Crippen molar-refractivity contribution in [3.63, 3.8) is 0 Å². The number of hydrogen-bond acceptors (Lipinski definition) is 2. The standard InChI is InChI=1S/C14H13BrF2N2/c15-11-7-14(13(18)8-12(11)17)19-5-4-9-2-1-3-10(16)6-9/h1-3,6-8,19H,4-5,18H2. The number of anilines is 2. The van der Waals surface area contributed by atoms with Gasteiger partial charge in [-0.05, 0) is 46.1 Å². The van der Waals surface area contributed by atoms with E-state index < -0.39 is 5.82 Å². The summed E-state index contributed by atoms with van der Waals surface area (Å²) in [4.78, 5) is 0. The minimum Gasteiger partial charge on any atom is -0.397 e. The largest absolute Gasteiger partial charge is 0.397 e. The maximum absolute atomic E-state index is 13.2. The van der Waals surface area contributed by atoms with Crippen LogP contribution < -0.4 is 11.1 Å². The van der Waals surface area contributed by atoms with Crippen LogP contribution in [-0.2, 0) is 6.42 Å². The van der Waals surface area contributed by atoms with Gasteiger partial charge in [-0.3, -0.25) is 0 Å². The summed E-state index contributed by atoms with van der Waals surface area (Å²) in [6, 6.07) is 9.28. The van der Waals surface area contributed by atoms with Gasteiger partial charge >= 0.3 is 0 Å². The summed E-state index contributed by atoms with van der Waals surface area (Å²) in [7, 11) is 0. The molecule has 0 atom stereocenters. The molecule has 2 rings (SSSR count). The molecule has 0 aliphatic carbocycles. The molecular weight excluding hydrogens is 314 g/mol. The lowest BCUT2D eigenvalue weighted by molar-refractivity contribution is 0.622. The summed E-state index contributed by atoms with van der Waals surface area (Å²) in [6.45, 7) is 0.589. The maximum Gasteiger partial charge on any atom is 0.139 e. The van der Waals surface area contributed by atoms with Crippen LogP contribution in [0.1, 0.15) is 5.56 Å². The van der Waals surface area contributed by atoms with Gasteiger partial charge in [0.1, 0.15) is 11.6 Å². The highest BCUT2D eigenvalue weighted by molar-refractivity contribution is 9.10. The molecule has 2 aromatic rings. The van der Waals surface area contributed by atoms with Crippen molar-refractivity contribution in [2.24, 2.45) is 0 Å². The Morgan fingerprint density at radius 2 is 1.95 bits per heavy atom. The van der Waals surface area contributed by atoms with Gasteiger partial charge < -0.3 is 11.1 Å². The van der Waals surface area contributed by atoms with Gasteiger partial charge in [0, 0.05) is 12.6 Å². The fourth-order valence-corrected chi connectivity index (χ4v) is 2.09. The summed E-state index contributed by atoms with van der Waals surface area (Å²) in [5, 5.41) is 3.10. The zero-order valence-electron chi connectivity index (χ0n) is 10.1. The van der Waals surface area contributed by atoms with Gasteiger partial charge in [-0.15, -0.1) is 0 Å². The normalized spacial score (nSPS) is 10.5. The van der Waals surface area contributed by atoms with E-state index in [0.29, 0.717) is 28.8 Å². The van der Waals surface area contributed by atoms with Crippen molar-refractivity contribution in [1.82, 2.24) is 0 Å². The number of nitrogens with one attached hydrogen (secondary N) is 1. The van der Waals surface area contributed by atoms with Gasteiger partial charge in [0.15, 0.2) is 0 Å². The van der Waals surface area contributed by atoms with Crippen LogP contribution in [0.5, 0.6) is 0 Å². The highest BCUT2D eigenvalue weighted by Crippen LogP contribution is 2.26. The number of halogens is 3. The number of rotatable bonds is 4. The third kappa shape index (κ3) is 3.67. The van der Waals surface area contributed by atoms with Crippen molar-refractivity contribution in [3.8, 4) is 0 Å². The van der Waals surface area contributed by atoms with Crippen LogP contribution in [0.2, 0.25) is 0 Å². The van der Waals surface area contributed by atoms with Gasteiger partial charge in [0.2, 0.25) is 0 Å². The molecule has 0 radical (unpaired) electrons. The average molecular weight is 327 g/mol. The van der Waals surface area contributed by atoms with E-state index in [2.05, 4.69) is 21.2 Å². The molecule has 2 aromatic carbocycles. The lowest BCUT2D eigenvalue weighted by Crippen LogP contribution is -2.07. The summed E-state index contributed by atoms with van der Waals surface area (Å²) < 4.78 is 26.5. The van der Waals surface area contributed by atoms with Gasteiger partial charge in [-0.1, -0.05) is 12.1 Å². The first kappa shape index (κ1) is 13.8. The van der Waals surface area contributed by atoms with E-state index in [1.807, 2.05) is 6.07 Å². The Bertz CT molecular complexity index is 588. The molecule has 0 bridgehead atoms. The topological polar surface area (TPSA) is 38.0 Å². The molecular formula is C14H13BrF2N2. The SMILES string of the molecule is Nc1cc(F)c(Br)cc1NCCc1cccc(F)c1. The summed E-state index contributed by atoms with van der Waals surface area (Å²) >= 11 is 3.11. The van der Waals surface area contributed by atoms with Crippen molar-refractivity contribution in [3.05, 3.63) is 58.1 Å². The van der Waals surface area contributed by atoms with Crippen LogP contribution in [0, 0.1) is 11.6 Å². The molecule has 5 heteroatoms. The maximum atomic E-state index is 13.2. The first-order chi connectivity index (χ1) is 9.06.